The van der Waals surface area contributed by atoms with Crippen molar-refractivity contribution < 1.29 is 24.2 Å². The lowest BCUT2D eigenvalue weighted by Gasteiger charge is -2.40. The van der Waals surface area contributed by atoms with Gasteiger partial charge in [-0.1, -0.05) is 26.0 Å². The van der Waals surface area contributed by atoms with Crippen LogP contribution in [0, 0.1) is 17.8 Å². The molecule has 0 aromatic heterocycles. The molecule has 0 bridgehead atoms. The van der Waals surface area contributed by atoms with E-state index in [4.69, 9.17) is 9.47 Å². The molecule has 2 fully saturated rings. The van der Waals surface area contributed by atoms with Crippen LogP contribution in [-0.2, 0) is 19.1 Å². The number of carbonyl (C=O) groups is 2. The van der Waals surface area contributed by atoms with Gasteiger partial charge < -0.3 is 19.5 Å². The number of nitrogens with zero attached hydrogens (tertiary/aromatic N) is 2. The maximum atomic E-state index is 13.8. The van der Waals surface area contributed by atoms with E-state index in [-0.39, 0.29) is 35.2 Å². The molecule has 5 unspecified atom stereocenters. The lowest BCUT2D eigenvalue weighted by atomic mass is 9.70. The number of fused-ring (bicyclic) bond motifs is 1. The summed E-state index contributed by atoms with van der Waals surface area (Å²) in [6.45, 7) is 9.09. The van der Waals surface area contributed by atoms with Crippen LogP contribution in [0.3, 0.4) is 0 Å². The van der Waals surface area contributed by atoms with Crippen molar-refractivity contribution in [3.05, 3.63) is 41.2 Å². The molecule has 7 nitrogen and oxygen atoms in total. The first-order chi connectivity index (χ1) is 15.9. The van der Waals surface area contributed by atoms with Gasteiger partial charge in [-0.25, -0.2) is 0 Å². The van der Waals surface area contributed by atoms with Crippen molar-refractivity contribution in [3.8, 4) is 5.75 Å². The van der Waals surface area contributed by atoms with E-state index in [9.17, 15) is 14.7 Å². The Hall–Kier alpha value is -2.38. The number of phenols is 1. The van der Waals surface area contributed by atoms with Crippen molar-refractivity contribution in [2.45, 2.75) is 45.3 Å². The number of rotatable bonds is 5. The Morgan fingerprint density at radius 3 is 2.58 bits per heavy atom. The maximum absolute atomic E-state index is 13.8. The number of aromatic hydroxyl groups is 1. The number of morpholine rings is 1. The lowest BCUT2D eigenvalue weighted by molar-refractivity contribution is -0.137. The number of phenolic OH excluding ortho intramolecular Hbond substituents is 1. The van der Waals surface area contributed by atoms with E-state index >= 15 is 0 Å². The van der Waals surface area contributed by atoms with Gasteiger partial charge in [-0.15, -0.1) is 0 Å². The van der Waals surface area contributed by atoms with Crippen molar-refractivity contribution in [1.82, 2.24) is 9.80 Å². The Morgan fingerprint density at radius 2 is 1.82 bits per heavy atom. The van der Waals surface area contributed by atoms with Crippen LogP contribution >= 0.6 is 0 Å². The monoisotopic (exact) mass is 454 g/mol. The summed E-state index contributed by atoms with van der Waals surface area (Å²) in [6, 6.07) is 6.41. The molecule has 178 valence electrons. The van der Waals surface area contributed by atoms with Crippen LogP contribution in [0.1, 0.15) is 44.7 Å². The summed E-state index contributed by atoms with van der Waals surface area (Å²) in [4.78, 5) is 31.5. The minimum absolute atomic E-state index is 0.0531. The average molecular weight is 455 g/mol. The summed E-state index contributed by atoms with van der Waals surface area (Å²) in [5.74, 6) is 0.935. The summed E-state index contributed by atoms with van der Waals surface area (Å²) in [6.07, 6.45) is 2.18. The molecule has 0 radical (unpaired) electrons. The number of carbonyl (C=O) groups excluding carboxylic acids is 2. The summed E-state index contributed by atoms with van der Waals surface area (Å²) < 4.78 is 11.7. The van der Waals surface area contributed by atoms with Gasteiger partial charge >= 0.3 is 0 Å². The highest BCUT2D eigenvalue weighted by Gasteiger charge is 2.53. The molecular weight excluding hydrogens is 420 g/mol. The Balaban J connectivity index is 1.43. The Morgan fingerprint density at radius 1 is 1.06 bits per heavy atom. The molecule has 33 heavy (non-hydrogen) atoms. The van der Waals surface area contributed by atoms with E-state index in [1.54, 1.807) is 23.1 Å². The van der Waals surface area contributed by atoms with E-state index in [2.05, 4.69) is 18.7 Å². The fourth-order valence-electron chi connectivity index (χ4n) is 5.87. The predicted molar refractivity (Wildman–Crippen MR) is 122 cm³/mol. The molecule has 1 amide bonds. The third-order valence-electron chi connectivity index (χ3n) is 7.97. The Bertz CT molecular complexity index is 954. The first-order valence-corrected chi connectivity index (χ1v) is 12.3. The highest BCUT2D eigenvalue weighted by molar-refractivity contribution is 6.11. The van der Waals surface area contributed by atoms with Crippen molar-refractivity contribution in [2.75, 3.05) is 39.4 Å². The molecule has 1 aromatic rings. The van der Waals surface area contributed by atoms with Crippen molar-refractivity contribution in [2.24, 2.45) is 17.8 Å². The molecule has 1 saturated carbocycles. The smallest absolute Gasteiger partial charge is 0.290 e. The molecule has 7 heteroatoms. The number of ketones is 1. The van der Waals surface area contributed by atoms with E-state index in [0.29, 0.717) is 24.0 Å². The predicted octanol–water partition coefficient (Wildman–Crippen LogP) is 2.90. The van der Waals surface area contributed by atoms with Gasteiger partial charge in [0.2, 0.25) is 0 Å². The van der Waals surface area contributed by atoms with Gasteiger partial charge in [0.15, 0.2) is 11.5 Å². The molecule has 3 aliphatic heterocycles. The molecular formula is C26H34N2O5. The number of benzene rings is 1. The zero-order valence-electron chi connectivity index (χ0n) is 19.5. The van der Waals surface area contributed by atoms with Crippen LogP contribution in [-0.4, -0.2) is 72.1 Å². The van der Waals surface area contributed by atoms with Crippen LogP contribution in [0.2, 0.25) is 0 Å². The van der Waals surface area contributed by atoms with Crippen LogP contribution in [0.15, 0.2) is 35.6 Å². The van der Waals surface area contributed by atoms with Crippen molar-refractivity contribution in [1.29, 1.82) is 0 Å². The Labute approximate surface area is 195 Å². The molecule has 3 heterocycles. The second-order valence-electron chi connectivity index (χ2n) is 10.1. The normalized spacial score (nSPS) is 32.5. The average Bonchev–Trinajstić information content (AvgIpc) is 3.08. The van der Waals surface area contributed by atoms with E-state index in [1.807, 2.05) is 6.07 Å². The van der Waals surface area contributed by atoms with Gasteiger partial charge in [-0.05, 0) is 48.8 Å². The molecule has 5 rings (SSSR count). The molecule has 1 saturated heterocycles. The second kappa shape index (κ2) is 9.11. The van der Waals surface area contributed by atoms with Gasteiger partial charge in [0, 0.05) is 26.2 Å². The number of hydrogen-bond donors (Lipinski definition) is 1. The largest absolute Gasteiger partial charge is 0.508 e. The highest BCUT2D eigenvalue weighted by atomic mass is 16.5. The highest BCUT2D eigenvalue weighted by Crippen LogP contribution is 2.48. The third-order valence-corrected chi connectivity index (χ3v) is 7.97. The summed E-state index contributed by atoms with van der Waals surface area (Å²) in [7, 11) is 0. The van der Waals surface area contributed by atoms with Gasteiger partial charge in [0.25, 0.3) is 5.91 Å². The van der Waals surface area contributed by atoms with Crippen molar-refractivity contribution >= 4 is 11.7 Å². The first-order valence-electron chi connectivity index (χ1n) is 12.3. The minimum atomic E-state index is -0.507. The number of ether oxygens (including phenoxy) is 2. The third kappa shape index (κ3) is 4.17. The fraction of sp³-hybridized carbons (Fsp3) is 0.615. The van der Waals surface area contributed by atoms with Crippen LogP contribution in [0.5, 0.6) is 5.75 Å². The van der Waals surface area contributed by atoms with Gasteiger partial charge in [-0.2, -0.15) is 0 Å². The lowest BCUT2D eigenvalue weighted by Crippen LogP contribution is -2.43. The summed E-state index contributed by atoms with van der Waals surface area (Å²) in [5.41, 5.74) is 1.24. The zero-order chi connectivity index (χ0) is 23.1. The molecule has 1 aliphatic carbocycles. The molecule has 0 spiro atoms. The van der Waals surface area contributed by atoms with Gasteiger partial charge in [0.05, 0.1) is 30.7 Å². The number of Topliss-reactive ketones (excluding diaryl/α,β-unsaturated/α-hetero) is 1. The number of hydrogen-bond acceptors (Lipinski definition) is 6. The van der Waals surface area contributed by atoms with Gasteiger partial charge in [0.1, 0.15) is 11.9 Å². The summed E-state index contributed by atoms with van der Waals surface area (Å²) >= 11 is 0. The number of amides is 1. The Kier molecular flexibility index (Phi) is 6.18. The van der Waals surface area contributed by atoms with Crippen molar-refractivity contribution in [3.63, 3.8) is 0 Å². The standard InChI is InChI=1S/C26H34N2O5/c1-16-13-20-21(14-17(16)2)33-25-22(24(20)30)23(18-5-3-6-19(29)15-18)28(26(25)31)8-4-7-27-9-11-32-12-10-27/h3,5-6,15-17,20-21,23,29H,4,7-14H2,1-2H3. The van der Waals surface area contributed by atoms with E-state index in [1.165, 1.54) is 0 Å². The second-order valence-corrected chi connectivity index (χ2v) is 10.1. The molecule has 4 aliphatic rings. The first kappa shape index (κ1) is 22.4. The zero-order valence-corrected chi connectivity index (χ0v) is 19.5. The fourth-order valence-corrected chi connectivity index (χ4v) is 5.87. The van der Waals surface area contributed by atoms with E-state index < -0.39 is 6.04 Å². The minimum Gasteiger partial charge on any atom is -0.508 e. The SMILES string of the molecule is CC1CC2OC3=C(C(=O)C2CC1C)C(c1cccc(O)c1)N(CCCN1CCOCC1)C3=O. The van der Waals surface area contributed by atoms with Crippen LogP contribution in [0.25, 0.3) is 0 Å². The molecule has 5 atom stereocenters. The van der Waals surface area contributed by atoms with Crippen LogP contribution in [0.4, 0.5) is 0 Å². The summed E-state index contributed by atoms with van der Waals surface area (Å²) in [5, 5.41) is 10.1. The van der Waals surface area contributed by atoms with Crippen LogP contribution < -0.4 is 0 Å². The quantitative estimate of drug-likeness (QED) is 0.737. The topological polar surface area (TPSA) is 79.3 Å². The van der Waals surface area contributed by atoms with E-state index in [0.717, 1.165) is 57.7 Å². The maximum Gasteiger partial charge on any atom is 0.290 e. The van der Waals surface area contributed by atoms with Gasteiger partial charge in [-0.3, -0.25) is 14.5 Å². The molecule has 1 N–H and O–H groups in total. The molecule has 1 aromatic carbocycles.